The molecule has 2 aliphatic heterocycles. The maximum Gasteiger partial charge on any atom is 0.0741 e. The van der Waals surface area contributed by atoms with Crippen molar-refractivity contribution < 1.29 is 14.6 Å². The summed E-state index contributed by atoms with van der Waals surface area (Å²) in [6, 6.07) is 1.32. The Labute approximate surface area is 116 Å². The van der Waals surface area contributed by atoms with Crippen LogP contribution in [-0.4, -0.2) is 60.7 Å². The highest BCUT2D eigenvalue weighted by molar-refractivity contribution is 4.95. The van der Waals surface area contributed by atoms with Crippen LogP contribution in [0, 0.1) is 0 Å². The Hall–Kier alpha value is -0.160. The lowest BCUT2D eigenvalue weighted by Gasteiger charge is -2.49. The normalized spacial score (nSPS) is 31.6. The van der Waals surface area contributed by atoms with Crippen LogP contribution in [0.15, 0.2) is 0 Å². The molecule has 1 saturated carbocycles. The zero-order chi connectivity index (χ0) is 13.1. The highest BCUT2D eigenvalue weighted by atomic mass is 16.5. The average Bonchev–Trinajstić information content (AvgIpc) is 2.37. The summed E-state index contributed by atoms with van der Waals surface area (Å²) in [6.45, 7) is 3.68. The summed E-state index contributed by atoms with van der Waals surface area (Å²) in [4.78, 5) is 2.57. The van der Waals surface area contributed by atoms with Gasteiger partial charge in [0.15, 0.2) is 0 Å². The van der Waals surface area contributed by atoms with Gasteiger partial charge < -0.3 is 14.6 Å². The van der Waals surface area contributed by atoms with E-state index in [2.05, 4.69) is 4.90 Å². The Morgan fingerprint density at radius 2 is 1.84 bits per heavy atom. The molecule has 4 heteroatoms. The zero-order valence-electron chi connectivity index (χ0n) is 11.9. The monoisotopic (exact) mass is 269 g/mol. The molecule has 3 rings (SSSR count). The van der Waals surface area contributed by atoms with Crippen molar-refractivity contribution in [1.82, 2.24) is 4.90 Å². The maximum atomic E-state index is 9.34. The summed E-state index contributed by atoms with van der Waals surface area (Å²) in [5.74, 6) is 0. The summed E-state index contributed by atoms with van der Waals surface area (Å²) >= 11 is 0. The molecule has 0 bridgehead atoms. The van der Waals surface area contributed by atoms with Crippen LogP contribution in [0.5, 0.6) is 0 Å². The molecule has 3 aliphatic rings. The largest absolute Gasteiger partial charge is 0.395 e. The van der Waals surface area contributed by atoms with Gasteiger partial charge in [-0.3, -0.25) is 4.90 Å². The number of ether oxygens (including phenoxy) is 2. The maximum absolute atomic E-state index is 9.34. The molecule has 0 amide bonds. The Kier molecular flexibility index (Phi) is 4.42. The predicted molar refractivity (Wildman–Crippen MR) is 73.2 cm³/mol. The van der Waals surface area contributed by atoms with E-state index in [-0.39, 0.29) is 12.2 Å². The molecule has 4 nitrogen and oxygen atoms in total. The van der Waals surface area contributed by atoms with Crippen molar-refractivity contribution in [3.63, 3.8) is 0 Å². The number of aliphatic hydroxyl groups is 1. The Morgan fingerprint density at radius 1 is 1.05 bits per heavy atom. The lowest BCUT2D eigenvalue weighted by molar-refractivity contribution is -0.157. The van der Waals surface area contributed by atoms with Crippen LogP contribution in [-0.2, 0) is 9.47 Å². The quantitative estimate of drug-likeness (QED) is 0.841. The molecule has 2 heterocycles. The van der Waals surface area contributed by atoms with E-state index < -0.39 is 0 Å². The lowest BCUT2D eigenvalue weighted by Crippen LogP contribution is -2.55. The van der Waals surface area contributed by atoms with Crippen molar-refractivity contribution in [2.24, 2.45) is 0 Å². The van der Waals surface area contributed by atoms with Gasteiger partial charge in [0, 0.05) is 38.4 Å². The van der Waals surface area contributed by atoms with E-state index in [0.717, 1.165) is 52.0 Å². The van der Waals surface area contributed by atoms with Gasteiger partial charge in [-0.25, -0.2) is 0 Å². The van der Waals surface area contributed by atoms with Gasteiger partial charge in [0.1, 0.15) is 0 Å². The number of hydrogen-bond acceptors (Lipinski definition) is 4. The molecular weight excluding hydrogens is 242 g/mol. The van der Waals surface area contributed by atoms with Crippen molar-refractivity contribution in [2.75, 3.05) is 33.0 Å². The van der Waals surface area contributed by atoms with Crippen molar-refractivity contribution in [2.45, 2.75) is 62.6 Å². The molecule has 110 valence electrons. The number of nitrogens with zero attached hydrogens (tertiary/aromatic N) is 1. The molecule has 0 radical (unpaired) electrons. The van der Waals surface area contributed by atoms with Gasteiger partial charge in [-0.15, -0.1) is 0 Å². The molecule has 0 aromatic rings. The van der Waals surface area contributed by atoms with Crippen LogP contribution < -0.4 is 0 Å². The molecular formula is C15H27NO3. The average molecular weight is 269 g/mol. The molecule has 3 fully saturated rings. The van der Waals surface area contributed by atoms with E-state index in [0.29, 0.717) is 12.1 Å². The van der Waals surface area contributed by atoms with Crippen LogP contribution in [0.25, 0.3) is 0 Å². The fourth-order valence-corrected chi connectivity index (χ4v) is 3.87. The van der Waals surface area contributed by atoms with Gasteiger partial charge in [0.25, 0.3) is 0 Å². The first-order valence-electron chi connectivity index (χ1n) is 7.91. The second-order valence-corrected chi connectivity index (χ2v) is 6.34. The second kappa shape index (κ2) is 6.08. The fourth-order valence-electron chi connectivity index (χ4n) is 3.87. The van der Waals surface area contributed by atoms with E-state index in [1.54, 1.807) is 0 Å². The molecule has 2 saturated heterocycles. The van der Waals surface area contributed by atoms with Crippen molar-refractivity contribution in [1.29, 1.82) is 0 Å². The summed E-state index contributed by atoms with van der Waals surface area (Å²) in [5, 5.41) is 9.34. The standard InChI is InChI=1S/C15H27NO3/c17-8-7-16(13-2-1-3-13)14-4-9-19-15(12-14)5-10-18-11-6-15/h13-14,17H,1-12H2. The highest BCUT2D eigenvalue weighted by Crippen LogP contribution is 2.38. The molecule has 1 N–H and O–H groups in total. The number of hydrogen-bond donors (Lipinski definition) is 1. The van der Waals surface area contributed by atoms with E-state index in [1.165, 1.54) is 19.3 Å². The minimum absolute atomic E-state index is 0.0681. The van der Waals surface area contributed by atoms with Gasteiger partial charge in [-0.05, 0) is 38.5 Å². The molecule has 1 aliphatic carbocycles. The van der Waals surface area contributed by atoms with E-state index >= 15 is 0 Å². The first-order chi connectivity index (χ1) is 9.33. The van der Waals surface area contributed by atoms with E-state index in [9.17, 15) is 5.11 Å². The zero-order valence-corrected chi connectivity index (χ0v) is 11.9. The molecule has 1 spiro atoms. The Morgan fingerprint density at radius 3 is 2.47 bits per heavy atom. The first kappa shape index (κ1) is 13.8. The molecule has 0 aromatic carbocycles. The SMILES string of the molecule is OCCN(C1CCC1)C1CCOC2(CCOCC2)C1. The van der Waals surface area contributed by atoms with Gasteiger partial charge in [-0.1, -0.05) is 6.42 Å². The Balaban J connectivity index is 1.64. The first-order valence-corrected chi connectivity index (χ1v) is 7.91. The van der Waals surface area contributed by atoms with Crippen LogP contribution in [0.3, 0.4) is 0 Å². The molecule has 19 heavy (non-hydrogen) atoms. The molecule has 1 atom stereocenters. The van der Waals surface area contributed by atoms with Crippen molar-refractivity contribution >= 4 is 0 Å². The van der Waals surface area contributed by atoms with Crippen molar-refractivity contribution in [3.05, 3.63) is 0 Å². The van der Waals surface area contributed by atoms with E-state index in [4.69, 9.17) is 9.47 Å². The van der Waals surface area contributed by atoms with Gasteiger partial charge >= 0.3 is 0 Å². The highest BCUT2D eigenvalue weighted by Gasteiger charge is 2.42. The third-order valence-corrected chi connectivity index (χ3v) is 5.24. The Bertz CT molecular complexity index is 282. The summed E-state index contributed by atoms with van der Waals surface area (Å²) in [6.07, 6.45) is 8.32. The fraction of sp³-hybridized carbons (Fsp3) is 1.00. The minimum Gasteiger partial charge on any atom is -0.395 e. The summed E-state index contributed by atoms with van der Waals surface area (Å²) < 4.78 is 11.6. The third kappa shape index (κ3) is 2.97. The topological polar surface area (TPSA) is 41.9 Å². The van der Waals surface area contributed by atoms with Crippen LogP contribution >= 0.6 is 0 Å². The minimum atomic E-state index is 0.0681. The van der Waals surface area contributed by atoms with Crippen LogP contribution in [0.1, 0.15) is 44.9 Å². The molecule has 1 unspecified atom stereocenters. The molecule has 0 aromatic heterocycles. The van der Waals surface area contributed by atoms with Gasteiger partial charge in [-0.2, -0.15) is 0 Å². The van der Waals surface area contributed by atoms with E-state index in [1.807, 2.05) is 0 Å². The van der Waals surface area contributed by atoms with Crippen molar-refractivity contribution in [3.8, 4) is 0 Å². The summed E-state index contributed by atoms with van der Waals surface area (Å²) in [5.41, 5.74) is 0.0681. The van der Waals surface area contributed by atoms with Gasteiger partial charge in [0.2, 0.25) is 0 Å². The van der Waals surface area contributed by atoms with Gasteiger partial charge in [0.05, 0.1) is 12.2 Å². The number of aliphatic hydroxyl groups excluding tert-OH is 1. The predicted octanol–water partition coefficient (Wildman–Crippen LogP) is 1.56. The van der Waals surface area contributed by atoms with Crippen LogP contribution in [0.4, 0.5) is 0 Å². The summed E-state index contributed by atoms with van der Waals surface area (Å²) in [7, 11) is 0. The smallest absolute Gasteiger partial charge is 0.0741 e. The van der Waals surface area contributed by atoms with Crippen LogP contribution in [0.2, 0.25) is 0 Å². The third-order valence-electron chi connectivity index (χ3n) is 5.24. The second-order valence-electron chi connectivity index (χ2n) is 6.34. The number of rotatable bonds is 4. The lowest BCUT2D eigenvalue weighted by atomic mass is 9.81.